The molecule has 1 N–H and O–H groups in total. The van der Waals surface area contributed by atoms with E-state index < -0.39 is 0 Å². The molecule has 0 aromatic carbocycles. The fourth-order valence-electron chi connectivity index (χ4n) is 5.86. The van der Waals surface area contributed by atoms with Gasteiger partial charge in [-0.05, 0) is 55.1 Å². The number of nitrogens with one attached hydrogen (secondary N) is 1. The second-order valence-electron chi connectivity index (χ2n) is 8.00. The summed E-state index contributed by atoms with van der Waals surface area (Å²) in [6.45, 7) is 4.36. The van der Waals surface area contributed by atoms with Crippen molar-refractivity contribution in [3.8, 4) is 0 Å². The van der Waals surface area contributed by atoms with Gasteiger partial charge in [-0.1, -0.05) is 26.0 Å². The number of fused-ring (bicyclic) bond motifs is 5. The molecular weight excluding hydrogens is 274 g/mol. The predicted molar refractivity (Wildman–Crippen MR) is 84.7 cm³/mol. The van der Waals surface area contributed by atoms with Gasteiger partial charge in [-0.3, -0.25) is 15.0 Å². The fourth-order valence-corrected chi connectivity index (χ4v) is 5.86. The Morgan fingerprint density at radius 2 is 1.95 bits per heavy atom. The first-order valence-corrected chi connectivity index (χ1v) is 8.44. The molecule has 2 fully saturated rings. The smallest absolute Gasteiger partial charge is 0.203 e. The minimum absolute atomic E-state index is 0.120. The molecule has 0 bridgehead atoms. The van der Waals surface area contributed by atoms with Crippen molar-refractivity contribution in [2.45, 2.75) is 46.0 Å². The van der Waals surface area contributed by atoms with E-state index in [1.54, 1.807) is 6.08 Å². The molecule has 0 aromatic heterocycles. The zero-order chi connectivity index (χ0) is 15.7. The Hall–Kier alpha value is -1.51. The number of rotatable bonds is 0. The summed E-state index contributed by atoms with van der Waals surface area (Å²) >= 11 is 0. The number of hydrogen-bond donors (Lipinski definition) is 1. The van der Waals surface area contributed by atoms with Gasteiger partial charge < -0.3 is 0 Å². The van der Waals surface area contributed by atoms with E-state index in [2.05, 4.69) is 19.9 Å². The lowest BCUT2D eigenvalue weighted by Crippen LogP contribution is -2.50. The zero-order valence-electron chi connectivity index (χ0n) is 13.3. The highest BCUT2D eigenvalue weighted by Crippen LogP contribution is 2.62. The predicted octanol–water partition coefficient (Wildman–Crippen LogP) is 3.49. The molecule has 0 radical (unpaired) electrons. The van der Waals surface area contributed by atoms with Crippen LogP contribution >= 0.6 is 0 Å². The molecule has 4 aliphatic rings. The Balaban J connectivity index is 1.77. The number of hydrogen-bond acceptors (Lipinski definition) is 3. The molecule has 0 unspecified atom stereocenters. The van der Waals surface area contributed by atoms with E-state index in [1.807, 2.05) is 6.08 Å². The van der Waals surface area contributed by atoms with Crippen LogP contribution in [-0.2, 0) is 9.59 Å². The number of allylic oxidation sites excluding steroid dienone is 4. The van der Waals surface area contributed by atoms with Crippen LogP contribution in [0.4, 0.5) is 0 Å². The number of Topliss-reactive ketones (excluding diaryl/α,β-unsaturated/α-hetero) is 1. The Morgan fingerprint density at radius 1 is 1.18 bits per heavy atom. The van der Waals surface area contributed by atoms with E-state index >= 15 is 0 Å². The summed E-state index contributed by atoms with van der Waals surface area (Å²) < 4.78 is 0. The summed E-state index contributed by atoms with van der Waals surface area (Å²) in [6, 6.07) is 0. The van der Waals surface area contributed by atoms with Gasteiger partial charge in [0.25, 0.3) is 0 Å². The highest BCUT2D eigenvalue weighted by atomic mass is 16.1. The number of carbonyl (C=O) groups excluding carboxylic acids is 2. The average molecular weight is 297 g/mol. The Bertz CT molecular complexity index is 658. The van der Waals surface area contributed by atoms with E-state index in [9.17, 15) is 9.59 Å². The third-order valence-corrected chi connectivity index (χ3v) is 7.19. The van der Waals surface area contributed by atoms with Crippen LogP contribution in [0.3, 0.4) is 0 Å². The lowest BCUT2D eigenvalue weighted by molar-refractivity contribution is -0.131. The average Bonchev–Trinajstić information content (AvgIpc) is 2.79. The summed E-state index contributed by atoms with van der Waals surface area (Å²) in [5.41, 5.74) is 0.791. The number of carbonyl (C=O) groups is 2. The summed E-state index contributed by atoms with van der Waals surface area (Å²) in [4.78, 5) is 24.2. The maximum atomic E-state index is 12.4. The largest absolute Gasteiger partial charge is 0.299 e. The van der Waals surface area contributed by atoms with Crippen LogP contribution in [-0.4, -0.2) is 17.3 Å². The summed E-state index contributed by atoms with van der Waals surface area (Å²) in [5.74, 6) is 1.75. The van der Waals surface area contributed by atoms with Crippen molar-refractivity contribution in [1.82, 2.24) is 0 Å². The molecular formula is C19H23NO2. The van der Waals surface area contributed by atoms with Crippen molar-refractivity contribution >= 4 is 17.3 Å². The molecule has 116 valence electrons. The SMILES string of the molecule is C[C@]12C=CC(=O)C(=N)C1=CC[C@@H]1[C@@H]2CC[C@]2(C)C(=O)CC[C@@H]12. The van der Waals surface area contributed by atoms with Crippen molar-refractivity contribution in [3.63, 3.8) is 0 Å². The van der Waals surface area contributed by atoms with Gasteiger partial charge in [0.05, 0.1) is 0 Å². The van der Waals surface area contributed by atoms with Crippen molar-refractivity contribution in [2.24, 2.45) is 28.6 Å². The van der Waals surface area contributed by atoms with Gasteiger partial charge in [-0.25, -0.2) is 0 Å². The van der Waals surface area contributed by atoms with Crippen LogP contribution in [0.25, 0.3) is 0 Å². The zero-order valence-corrected chi connectivity index (χ0v) is 13.3. The molecule has 4 aliphatic carbocycles. The molecule has 0 aromatic rings. The minimum Gasteiger partial charge on any atom is -0.299 e. The Morgan fingerprint density at radius 3 is 2.73 bits per heavy atom. The van der Waals surface area contributed by atoms with Gasteiger partial charge in [-0.15, -0.1) is 0 Å². The molecule has 3 heteroatoms. The topological polar surface area (TPSA) is 58.0 Å². The minimum atomic E-state index is -0.194. The fraction of sp³-hybridized carbons (Fsp3) is 0.632. The van der Waals surface area contributed by atoms with Crippen molar-refractivity contribution in [1.29, 1.82) is 5.41 Å². The molecule has 22 heavy (non-hydrogen) atoms. The van der Waals surface area contributed by atoms with Crippen molar-refractivity contribution in [2.75, 3.05) is 0 Å². The maximum Gasteiger partial charge on any atom is 0.203 e. The first kappa shape index (κ1) is 14.1. The second-order valence-corrected chi connectivity index (χ2v) is 8.00. The molecule has 0 amide bonds. The van der Waals surface area contributed by atoms with Gasteiger partial charge in [0, 0.05) is 17.3 Å². The van der Waals surface area contributed by atoms with Crippen LogP contribution in [0.2, 0.25) is 0 Å². The van der Waals surface area contributed by atoms with Gasteiger partial charge in [0.2, 0.25) is 5.78 Å². The molecule has 0 spiro atoms. The molecule has 2 saturated carbocycles. The van der Waals surface area contributed by atoms with E-state index in [-0.39, 0.29) is 22.3 Å². The molecule has 4 rings (SSSR count). The third kappa shape index (κ3) is 1.55. The van der Waals surface area contributed by atoms with E-state index in [0.29, 0.717) is 23.5 Å². The molecule has 5 atom stereocenters. The molecule has 0 aliphatic heterocycles. The van der Waals surface area contributed by atoms with Crippen LogP contribution in [0.15, 0.2) is 23.8 Å². The first-order chi connectivity index (χ1) is 10.4. The monoisotopic (exact) mass is 297 g/mol. The first-order valence-electron chi connectivity index (χ1n) is 8.44. The molecule has 3 nitrogen and oxygen atoms in total. The van der Waals surface area contributed by atoms with Crippen molar-refractivity contribution < 1.29 is 9.59 Å². The Kier molecular flexibility index (Phi) is 2.74. The van der Waals surface area contributed by atoms with Gasteiger partial charge in [0.1, 0.15) is 11.5 Å². The van der Waals surface area contributed by atoms with Gasteiger partial charge >= 0.3 is 0 Å². The lowest BCUT2D eigenvalue weighted by atomic mass is 9.49. The number of ketones is 2. The summed E-state index contributed by atoms with van der Waals surface area (Å²) in [5, 5.41) is 8.15. The second kappa shape index (κ2) is 4.27. The van der Waals surface area contributed by atoms with Crippen LogP contribution in [0, 0.1) is 34.0 Å². The van der Waals surface area contributed by atoms with Crippen LogP contribution in [0.5, 0.6) is 0 Å². The van der Waals surface area contributed by atoms with E-state index in [4.69, 9.17) is 5.41 Å². The normalized spacial score (nSPS) is 46.9. The maximum absolute atomic E-state index is 12.4. The highest BCUT2D eigenvalue weighted by Gasteiger charge is 2.58. The van der Waals surface area contributed by atoms with Crippen LogP contribution < -0.4 is 0 Å². The van der Waals surface area contributed by atoms with E-state index in [1.165, 1.54) is 0 Å². The Labute approximate surface area is 131 Å². The molecule has 0 heterocycles. The third-order valence-electron chi connectivity index (χ3n) is 7.19. The van der Waals surface area contributed by atoms with Crippen LogP contribution in [0.1, 0.15) is 46.0 Å². The van der Waals surface area contributed by atoms with Crippen molar-refractivity contribution in [3.05, 3.63) is 23.8 Å². The summed E-state index contributed by atoms with van der Waals surface area (Å²) in [6.07, 6.45) is 10.4. The standard InChI is InChI=1S/C19H23NO2/c1-18-10-8-15(21)17(20)14(18)4-3-11-12-5-6-16(22)19(12,2)9-7-13(11)18/h4,8,10-13,20H,3,5-7,9H2,1-2H3/t11-,12-,13-,18+,19-/m0/s1. The quantitative estimate of drug-likeness (QED) is 0.744. The lowest BCUT2D eigenvalue weighted by Gasteiger charge is -2.54. The highest BCUT2D eigenvalue weighted by molar-refractivity contribution is 6.49. The van der Waals surface area contributed by atoms with Gasteiger partial charge in [0.15, 0.2) is 0 Å². The molecule has 0 saturated heterocycles. The van der Waals surface area contributed by atoms with Gasteiger partial charge in [-0.2, -0.15) is 0 Å². The summed E-state index contributed by atoms with van der Waals surface area (Å²) in [7, 11) is 0. The van der Waals surface area contributed by atoms with E-state index in [0.717, 1.165) is 37.7 Å².